The van der Waals surface area contributed by atoms with E-state index < -0.39 is 54.5 Å². The number of carboxylic acid groups (broad SMARTS) is 1. The van der Waals surface area contributed by atoms with Crippen molar-refractivity contribution < 1.29 is 29.4 Å². The Bertz CT molecular complexity index is 782. The first-order valence-electron chi connectivity index (χ1n) is 10.6. The van der Waals surface area contributed by atoms with E-state index in [2.05, 4.69) is 28.6 Å². The largest absolute Gasteiger partial charge is 0.480 e. The van der Waals surface area contributed by atoms with Crippen LogP contribution in [0.1, 0.15) is 24.8 Å². The number of hydrogen-bond donors (Lipinski definition) is 8. The molecule has 0 bridgehead atoms. The lowest BCUT2D eigenvalue weighted by atomic mass is 10.0. The van der Waals surface area contributed by atoms with Gasteiger partial charge >= 0.3 is 5.97 Å². The van der Waals surface area contributed by atoms with Gasteiger partial charge in [-0.2, -0.15) is 12.6 Å². The summed E-state index contributed by atoms with van der Waals surface area (Å²) in [6, 6.07) is 4.38. The maximum Gasteiger partial charge on any atom is 0.328 e. The van der Waals surface area contributed by atoms with Gasteiger partial charge in [0.15, 0.2) is 0 Å². The van der Waals surface area contributed by atoms with Crippen LogP contribution in [0.3, 0.4) is 0 Å². The van der Waals surface area contributed by atoms with Crippen molar-refractivity contribution in [2.75, 3.05) is 18.9 Å². The van der Waals surface area contributed by atoms with Gasteiger partial charge in [0, 0.05) is 12.2 Å². The topological polar surface area (TPSA) is 197 Å². The molecule has 9 N–H and O–H groups in total. The summed E-state index contributed by atoms with van der Waals surface area (Å²) >= 11 is 4.05. The average Bonchev–Trinajstić information content (AvgIpc) is 2.80. The fourth-order valence-corrected chi connectivity index (χ4v) is 3.16. The van der Waals surface area contributed by atoms with Gasteiger partial charge in [0.05, 0.1) is 12.6 Å². The number of hydrogen-bond acceptors (Lipinski definition) is 8. The molecule has 33 heavy (non-hydrogen) atoms. The van der Waals surface area contributed by atoms with E-state index in [9.17, 15) is 19.2 Å². The Hall–Kier alpha value is -2.67. The Balaban J connectivity index is 2.91. The zero-order valence-electron chi connectivity index (χ0n) is 18.3. The average molecular weight is 484 g/mol. The summed E-state index contributed by atoms with van der Waals surface area (Å²) in [6.45, 7) is -0.331. The van der Waals surface area contributed by atoms with Crippen molar-refractivity contribution in [3.8, 4) is 0 Å². The van der Waals surface area contributed by atoms with E-state index in [1.54, 1.807) is 24.3 Å². The van der Waals surface area contributed by atoms with Crippen molar-refractivity contribution >= 4 is 36.3 Å². The molecular formula is C21H33N5O6S. The van der Waals surface area contributed by atoms with E-state index in [-0.39, 0.29) is 12.2 Å². The maximum atomic E-state index is 13.0. The summed E-state index contributed by atoms with van der Waals surface area (Å²) in [5, 5.41) is 25.3. The van der Waals surface area contributed by atoms with Gasteiger partial charge in [0.2, 0.25) is 17.7 Å². The summed E-state index contributed by atoms with van der Waals surface area (Å²) in [5.41, 5.74) is 12.2. The first-order valence-corrected chi connectivity index (χ1v) is 11.2. The second-order valence-corrected chi connectivity index (χ2v) is 7.83. The van der Waals surface area contributed by atoms with Crippen LogP contribution in [0, 0.1) is 0 Å². The van der Waals surface area contributed by atoms with Gasteiger partial charge in [0.1, 0.15) is 18.1 Å². The first-order chi connectivity index (χ1) is 15.7. The molecule has 0 aliphatic rings. The van der Waals surface area contributed by atoms with Crippen molar-refractivity contribution in [3.63, 3.8) is 0 Å². The summed E-state index contributed by atoms with van der Waals surface area (Å²) in [7, 11) is 0. The Morgan fingerprint density at radius 1 is 0.909 bits per heavy atom. The maximum absolute atomic E-state index is 13.0. The van der Waals surface area contributed by atoms with Gasteiger partial charge in [-0.05, 0) is 24.9 Å². The quantitative estimate of drug-likeness (QED) is 0.105. The molecule has 0 radical (unpaired) electrons. The Labute approximate surface area is 198 Å². The third-order valence-corrected chi connectivity index (χ3v) is 5.20. The normalized spacial score (nSPS) is 14.4. The molecule has 0 saturated carbocycles. The predicted molar refractivity (Wildman–Crippen MR) is 125 cm³/mol. The molecule has 1 rings (SSSR count). The molecule has 11 nitrogen and oxygen atoms in total. The van der Waals surface area contributed by atoms with E-state index in [1.807, 2.05) is 6.07 Å². The number of aliphatic hydroxyl groups is 1. The third-order valence-electron chi connectivity index (χ3n) is 4.83. The highest BCUT2D eigenvalue weighted by Crippen LogP contribution is 2.06. The third kappa shape index (κ3) is 10.2. The monoisotopic (exact) mass is 483 g/mol. The second kappa shape index (κ2) is 15.2. The van der Waals surface area contributed by atoms with Crippen LogP contribution in [0.2, 0.25) is 0 Å². The lowest BCUT2D eigenvalue weighted by Gasteiger charge is -2.24. The summed E-state index contributed by atoms with van der Waals surface area (Å²) in [4.78, 5) is 48.9. The van der Waals surface area contributed by atoms with Crippen molar-refractivity contribution in [1.29, 1.82) is 0 Å². The molecule has 12 heteroatoms. The van der Waals surface area contributed by atoms with Gasteiger partial charge in [-0.15, -0.1) is 0 Å². The van der Waals surface area contributed by atoms with Crippen LogP contribution in [0.25, 0.3) is 0 Å². The number of aliphatic carboxylic acids is 1. The Morgan fingerprint density at radius 3 is 2.03 bits per heavy atom. The molecule has 0 aromatic heterocycles. The van der Waals surface area contributed by atoms with Crippen molar-refractivity contribution in [2.24, 2.45) is 11.5 Å². The van der Waals surface area contributed by atoms with E-state index in [0.717, 1.165) is 12.0 Å². The smallest absolute Gasteiger partial charge is 0.328 e. The van der Waals surface area contributed by atoms with Crippen LogP contribution in [-0.2, 0) is 25.6 Å². The molecule has 0 fully saturated rings. The zero-order valence-corrected chi connectivity index (χ0v) is 19.2. The minimum atomic E-state index is -1.52. The number of nitrogens with two attached hydrogens (primary N) is 2. The molecule has 3 amide bonds. The van der Waals surface area contributed by atoms with E-state index in [0.29, 0.717) is 19.4 Å². The van der Waals surface area contributed by atoms with Crippen LogP contribution in [0.4, 0.5) is 0 Å². The summed E-state index contributed by atoms with van der Waals surface area (Å²) in [6.07, 6.45) is 1.93. The van der Waals surface area contributed by atoms with Gasteiger partial charge in [-0.1, -0.05) is 36.8 Å². The van der Waals surface area contributed by atoms with Crippen LogP contribution in [0.15, 0.2) is 30.3 Å². The fourth-order valence-electron chi connectivity index (χ4n) is 2.90. The van der Waals surface area contributed by atoms with E-state index in [1.165, 1.54) is 0 Å². The number of carbonyl (C=O) groups is 4. The Kier molecular flexibility index (Phi) is 13.1. The number of benzene rings is 1. The van der Waals surface area contributed by atoms with Crippen molar-refractivity contribution in [1.82, 2.24) is 16.0 Å². The molecule has 1 aromatic rings. The highest BCUT2D eigenvalue weighted by atomic mass is 32.1. The van der Waals surface area contributed by atoms with Crippen LogP contribution >= 0.6 is 12.6 Å². The van der Waals surface area contributed by atoms with Gasteiger partial charge in [-0.25, -0.2) is 4.79 Å². The van der Waals surface area contributed by atoms with Crippen LogP contribution in [0.5, 0.6) is 0 Å². The fraction of sp³-hybridized carbons (Fsp3) is 0.524. The van der Waals surface area contributed by atoms with Gasteiger partial charge < -0.3 is 37.6 Å². The van der Waals surface area contributed by atoms with Gasteiger partial charge in [0.25, 0.3) is 0 Å². The molecule has 0 aliphatic carbocycles. The number of amides is 3. The SMILES string of the molecule is NCCCCC(N)C(=O)NC(Cc1ccccc1)C(=O)NC(CS)C(=O)NC(CO)C(=O)O. The highest BCUT2D eigenvalue weighted by Gasteiger charge is 2.29. The van der Waals surface area contributed by atoms with Crippen molar-refractivity contribution in [3.05, 3.63) is 35.9 Å². The number of thiol groups is 1. The molecular weight excluding hydrogens is 450 g/mol. The molecule has 4 atom stereocenters. The summed E-state index contributed by atoms with van der Waals surface area (Å²) < 4.78 is 0. The number of carboxylic acids is 1. The van der Waals surface area contributed by atoms with Crippen LogP contribution < -0.4 is 27.4 Å². The molecule has 0 aliphatic heterocycles. The highest BCUT2D eigenvalue weighted by molar-refractivity contribution is 7.80. The molecule has 4 unspecified atom stereocenters. The first kappa shape index (κ1) is 28.4. The summed E-state index contributed by atoms with van der Waals surface area (Å²) in [5.74, 6) is -3.57. The molecule has 0 saturated heterocycles. The minimum absolute atomic E-state index is 0.139. The molecule has 1 aromatic carbocycles. The number of nitrogens with one attached hydrogen (secondary N) is 3. The zero-order chi connectivity index (χ0) is 24.8. The number of rotatable bonds is 15. The molecule has 0 heterocycles. The number of unbranched alkanes of at least 4 members (excludes halogenated alkanes) is 1. The molecule has 184 valence electrons. The molecule has 0 spiro atoms. The standard InChI is InChI=1S/C21H33N5O6S/c22-9-5-4-8-14(23)18(28)24-15(10-13-6-2-1-3-7-13)19(29)26-17(12-33)20(30)25-16(11-27)21(31)32/h1-3,6-7,14-17,27,33H,4-5,8-12,22-23H2,(H,24,28)(H,25,30)(H,26,29)(H,31,32). The number of aliphatic hydroxyl groups excluding tert-OH is 1. The van der Waals surface area contributed by atoms with Crippen molar-refractivity contribution in [2.45, 2.75) is 49.9 Å². The number of carbonyl (C=O) groups excluding carboxylic acids is 3. The lowest BCUT2D eigenvalue weighted by Crippen LogP contribution is -2.58. The predicted octanol–water partition coefficient (Wildman–Crippen LogP) is -1.85. The Morgan fingerprint density at radius 2 is 1.48 bits per heavy atom. The van der Waals surface area contributed by atoms with E-state index in [4.69, 9.17) is 21.7 Å². The minimum Gasteiger partial charge on any atom is -0.480 e. The van der Waals surface area contributed by atoms with Crippen LogP contribution in [-0.4, -0.2) is 77.0 Å². The van der Waals surface area contributed by atoms with E-state index >= 15 is 0 Å². The van der Waals surface area contributed by atoms with Gasteiger partial charge in [-0.3, -0.25) is 14.4 Å². The lowest BCUT2D eigenvalue weighted by molar-refractivity contribution is -0.143. The second-order valence-electron chi connectivity index (χ2n) is 7.47.